The van der Waals surface area contributed by atoms with Gasteiger partial charge in [0.25, 0.3) is 5.91 Å². The second-order valence-corrected chi connectivity index (χ2v) is 5.45. The molecule has 0 radical (unpaired) electrons. The van der Waals surface area contributed by atoms with Crippen molar-refractivity contribution in [2.75, 3.05) is 0 Å². The first-order chi connectivity index (χ1) is 10.9. The standard InChI is InChI=1S/C16H20N4O3/c1-4-9(2)13(14(17)21)18-15(22)11-6-5-7-12(8-11)16-20-19-10(3)23-16/h5-9,13H,4H2,1-3H3,(H2,17,21)(H,18,22)/t9-,13-/m1/s1. The third kappa shape index (κ3) is 3.94. The molecule has 2 amide bonds. The van der Waals surface area contributed by atoms with E-state index >= 15 is 0 Å². The molecule has 0 bridgehead atoms. The summed E-state index contributed by atoms with van der Waals surface area (Å²) in [4.78, 5) is 23.9. The predicted octanol–water partition coefficient (Wildman–Crippen LogP) is 1.67. The minimum atomic E-state index is -0.707. The lowest BCUT2D eigenvalue weighted by Gasteiger charge is -2.21. The molecule has 0 aliphatic carbocycles. The number of aromatic nitrogens is 2. The number of benzene rings is 1. The summed E-state index contributed by atoms with van der Waals surface area (Å²) in [5.41, 5.74) is 6.41. The topological polar surface area (TPSA) is 111 Å². The van der Waals surface area contributed by atoms with Crippen LogP contribution in [0.5, 0.6) is 0 Å². The molecule has 1 aromatic carbocycles. The van der Waals surface area contributed by atoms with E-state index in [9.17, 15) is 9.59 Å². The third-order valence-corrected chi connectivity index (χ3v) is 3.70. The highest BCUT2D eigenvalue weighted by Gasteiger charge is 2.24. The lowest BCUT2D eigenvalue weighted by Crippen LogP contribution is -2.48. The van der Waals surface area contributed by atoms with Gasteiger partial charge in [-0.25, -0.2) is 0 Å². The SMILES string of the molecule is CC[C@@H](C)[C@@H](NC(=O)c1cccc(-c2nnc(C)o2)c1)C(N)=O. The molecule has 2 aromatic rings. The van der Waals surface area contributed by atoms with E-state index < -0.39 is 11.9 Å². The zero-order valence-corrected chi connectivity index (χ0v) is 13.4. The summed E-state index contributed by atoms with van der Waals surface area (Å²) in [5.74, 6) is -0.173. The number of amides is 2. The summed E-state index contributed by atoms with van der Waals surface area (Å²) in [6, 6.07) is 6.06. The molecular weight excluding hydrogens is 296 g/mol. The van der Waals surface area contributed by atoms with E-state index in [0.29, 0.717) is 22.9 Å². The maximum absolute atomic E-state index is 12.4. The largest absolute Gasteiger partial charge is 0.421 e. The van der Waals surface area contributed by atoms with Crippen LogP contribution in [0, 0.1) is 12.8 Å². The maximum atomic E-state index is 12.4. The quantitative estimate of drug-likeness (QED) is 0.842. The number of nitrogens with two attached hydrogens (primary N) is 1. The van der Waals surface area contributed by atoms with Gasteiger partial charge in [0.1, 0.15) is 6.04 Å². The van der Waals surface area contributed by atoms with Gasteiger partial charge >= 0.3 is 0 Å². The normalized spacial score (nSPS) is 13.3. The lowest BCUT2D eigenvalue weighted by atomic mass is 9.98. The molecule has 23 heavy (non-hydrogen) atoms. The van der Waals surface area contributed by atoms with E-state index in [1.165, 1.54) is 0 Å². The molecule has 3 N–H and O–H groups in total. The fraction of sp³-hybridized carbons (Fsp3) is 0.375. The number of carbonyl (C=O) groups is 2. The average Bonchev–Trinajstić information content (AvgIpc) is 2.98. The van der Waals surface area contributed by atoms with Crippen molar-refractivity contribution in [3.63, 3.8) is 0 Å². The zero-order chi connectivity index (χ0) is 17.0. The second kappa shape index (κ2) is 7.04. The van der Waals surface area contributed by atoms with E-state index in [4.69, 9.17) is 10.2 Å². The van der Waals surface area contributed by atoms with Crippen LogP contribution in [0.4, 0.5) is 0 Å². The van der Waals surface area contributed by atoms with Gasteiger partial charge in [-0.3, -0.25) is 9.59 Å². The van der Waals surface area contributed by atoms with Gasteiger partial charge in [0.05, 0.1) is 0 Å². The molecule has 7 nitrogen and oxygen atoms in total. The number of carbonyl (C=O) groups excluding carboxylic acids is 2. The molecule has 0 spiro atoms. The minimum Gasteiger partial charge on any atom is -0.421 e. The van der Waals surface area contributed by atoms with Gasteiger partial charge in [0, 0.05) is 18.1 Å². The van der Waals surface area contributed by atoms with Gasteiger partial charge in [-0.05, 0) is 24.1 Å². The molecule has 0 aliphatic rings. The van der Waals surface area contributed by atoms with Crippen molar-refractivity contribution in [2.24, 2.45) is 11.7 Å². The Morgan fingerprint density at radius 1 is 1.35 bits per heavy atom. The van der Waals surface area contributed by atoms with Crippen molar-refractivity contribution in [1.29, 1.82) is 0 Å². The van der Waals surface area contributed by atoms with Crippen LogP contribution >= 0.6 is 0 Å². The highest BCUT2D eigenvalue weighted by Crippen LogP contribution is 2.19. The fourth-order valence-electron chi connectivity index (χ4n) is 2.16. The van der Waals surface area contributed by atoms with E-state index in [2.05, 4.69) is 15.5 Å². The van der Waals surface area contributed by atoms with Crippen LogP contribution < -0.4 is 11.1 Å². The second-order valence-electron chi connectivity index (χ2n) is 5.45. The van der Waals surface area contributed by atoms with E-state index in [1.807, 2.05) is 13.8 Å². The summed E-state index contributed by atoms with van der Waals surface area (Å²) in [6.07, 6.45) is 0.731. The zero-order valence-electron chi connectivity index (χ0n) is 13.4. The number of nitrogens with one attached hydrogen (secondary N) is 1. The van der Waals surface area contributed by atoms with Gasteiger partial charge in [-0.15, -0.1) is 10.2 Å². The van der Waals surface area contributed by atoms with E-state index in [-0.39, 0.29) is 11.8 Å². The molecule has 0 saturated carbocycles. The highest BCUT2D eigenvalue weighted by atomic mass is 16.4. The van der Waals surface area contributed by atoms with Gasteiger partial charge < -0.3 is 15.5 Å². The molecule has 1 aromatic heterocycles. The smallest absolute Gasteiger partial charge is 0.251 e. The first kappa shape index (κ1) is 16.7. The summed E-state index contributed by atoms with van der Waals surface area (Å²) >= 11 is 0. The molecule has 1 heterocycles. The van der Waals surface area contributed by atoms with Crippen molar-refractivity contribution in [3.8, 4) is 11.5 Å². The Labute approximate surface area is 134 Å². The van der Waals surface area contributed by atoms with Crippen molar-refractivity contribution < 1.29 is 14.0 Å². The van der Waals surface area contributed by atoms with E-state index in [0.717, 1.165) is 6.42 Å². The monoisotopic (exact) mass is 316 g/mol. The molecule has 0 saturated heterocycles. The number of hydrogen-bond acceptors (Lipinski definition) is 5. The Morgan fingerprint density at radius 3 is 2.65 bits per heavy atom. The van der Waals surface area contributed by atoms with Crippen LogP contribution in [0.2, 0.25) is 0 Å². The first-order valence-corrected chi connectivity index (χ1v) is 7.43. The Bertz CT molecular complexity index is 711. The van der Waals surface area contributed by atoms with Crippen LogP contribution in [0.3, 0.4) is 0 Å². The minimum absolute atomic E-state index is 0.0433. The van der Waals surface area contributed by atoms with Gasteiger partial charge in [0.2, 0.25) is 17.7 Å². The van der Waals surface area contributed by atoms with Crippen molar-refractivity contribution in [1.82, 2.24) is 15.5 Å². The Kier molecular flexibility index (Phi) is 5.10. The molecular formula is C16H20N4O3. The van der Waals surface area contributed by atoms with Crippen LogP contribution in [-0.4, -0.2) is 28.1 Å². The number of primary amides is 1. The van der Waals surface area contributed by atoms with Gasteiger partial charge in [-0.1, -0.05) is 26.3 Å². The van der Waals surface area contributed by atoms with Gasteiger partial charge in [-0.2, -0.15) is 0 Å². The number of nitrogens with zero attached hydrogens (tertiary/aromatic N) is 2. The fourth-order valence-corrected chi connectivity index (χ4v) is 2.16. The van der Waals surface area contributed by atoms with E-state index in [1.54, 1.807) is 31.2 Å². The predicted molar refractivity (Wildman–Crippen MR) is 84.4 cm³/mol. The lowest BCUT2D eigenvalue weighted by molar-refractivity contribution is -0.120. The maximum Gasteiger partial charge on any atom is 0.251 e. The van der Waals surface area contributed by atoms with Crippen LogP contribution in [-0.2, 0) is 4.79 Å². The molecule has 0 unspecified atom stereocenters. The summed E-state index contributed by atoms with van der Waals surface area (Å²) in [7, 11) is 0. The van der Waals surface area contributed by atoms with Crippen LogP contribution in [0.1, 0.15) is 36.5 Å². The van der Waals surface area contributed by atoms with Crippen molar-refractivity contribution >= 4 is 11.8 Å². The molecule has 0 aliphatic heterocycles. The number of aryl methyl sites for hydroxylation is 1. The Hall–Kier alpha value is -2.70. The summed E-state index contributed by atoms with van der Waals surface area (Å²) < 4.78 is 5.35. The number of hydrogen-bond donors (Lipinski definition) is 2. The first-order valence-electron chi connectivity index (χ1n) is 7.43. The number of rotatable bonds is 6. The molecule has 0 fully saturated rings. The third-order valence-electron chi connectivity index (χ3n) is 3.70. The molecule has 2 rings (SSSR count). The Balaban J connectivity index is 2.21. The van der Waals surface area contributed by atoms with Crippen LogP contribution in [0.15, 0.2) is 28.7 Å². The van der Waals surface area contributed by atoms with Crippen molar-refractivity contribution in [2.45, 2.75) is 33.2 Å². The van der Waals surface area contributed by atoms with Crippen molar-refractivity contribution in [3.05, 3.63) is 35.7 Å². The average molecular weight is 316 g/mol. The molecule has 122 valence electrons. The Morgan fingerprint density at radius 2 is 2.09 bits per heavy atom. The highest BCUT2D eigenvalue weighted by molar-refractivity contribution is 5.98. The summed E-state index contributed by atoms with van der Waals surface area (Å²) in [5, 5.41) is 10.4. The summed E-state index contributed by atoms with van der Waals surface area (Å²) in [6.45, 7) is 5.50. The molecule has 2 atom stereocenters. The molecule has 7 heteroatoms. The van der Waals surface area contributed by atoms with Gasteiger partial charge in [0.15, 0.2) is 0 Å². The van der Waals surface area contributed by atoms with Crippen LogP contribution in [0.25, 0.3) is 11.5 Å².